The molecule has 0 aliphatic carbocycles. The fourth-order valence-electron chi connectivity index (χ4n) is 3.76. The molecule has 0 saturated heterocycles. The molecule has 0 bridgehead atoms. The van der Waals surface area contributed by atoms with Gasteiger partial charge in [0.05, 0.1) is 17.6 Å². The molecular formula is C23H21N5O4. The van der Waals surface area contributed by atoms with Gasteiger partial charge in [0, 0.05) is 11.9 Å². The van der Waals surface area contributed by atoms with E-state index in [9.17, 15) is 9.59 Å². The molecule has 5 rings (SSSR count). The van der Waals surface area contributed by atoms with Gasteiger partial charge in [-0.1, -0.05) is 24.3 Å². The van der Waals surface area contributed by atoms with Crippen molar-refractivity contribution in [3.05, 3.63) is 75.8 Å². The summed E-state index contributed by atoms with van der Waals surface area (Å²) in [5.74, 6) is 1.02. The third kappa shape index (κ3) is 3.47. The van der Waals surface area contributed by atoms with Crippen molar-refractivity contribution in [2.45, 2.75) is 26.9 Å². The Morgan fingerprint density at radius 1 is 1.12 bits per heavy atom. The number of aryl methyl sites for hydroxylation is 2. The van der Waals surface area contributed by atoms with Crippen LogP contribution in [0.25, 0.3) is 16.6 Å². The lowest BCUT2D eigenvalue weighted by Crippen LogP contribution is -2.34. The lowest BCUT2D eigenvalue weighted by atomic mass is 10.2. The van der Waals surface area contributed by atoms with Crippen molar-refractivity contribution in [2.24, 2.45) is 0 Å². The lowest BCUT2D eigenvalue weighted by Gasteiger charge is -2.10. The highest BCUT2D eigenvalue weighted by Crippen LogP contribution is 2.32. The van der Waals surface area contributed by atoms with Crippen LogP contribution in [0.4, 0.5) is 0 Å². The van der Waals surface area contributed by atoms with Gasteiger partial charge in [-0.2, -0.15) is 10.2 Å². The number of nitrogens with zero attached hydrogens (tertiary/aromatic N) is 4. The van der Waals surface area contributed by atoms with E-state index in [0.717, 1.165) is 16.8 Å². The van der Waals surface area contributed by atoms with E-state index >= 15 is 0 Å². The van der Waals surface area contributed by atoms with Crippen molar-refractivity contribution in [2.75, 3.05) is 6.79 Å². The molecule has 1 N–H and O–H groups in total. The lowest BCUT2D eigenvalue weighted by molar-refractivity contribution is -0.122. The van der Waals surface area contributed by atoms with Crippen LogP contribution < -0.4 is 20.3 Å². The first-order valence-electron chi connectivity index (χ1n) is 10.2. The summed E-state index contributed by atoms with van der Waals surface area (Å²) in [6, 6.07) is 13.2. The van der Waals surface area contributed by atoms with Crippen molar-refractivity contribution in [3.63, 3.8) is 0 Å². The molecule has 4 aromatic rings. The van der Waals surface area contributed by atoms with E-state index in [1.165, 1.54) is 4.68 Å². The van der Waals surface area contributed by atoms with Gasteiger partial charge >= 0.3 is 0 Å². The minimum absolute atomic E-state index is 0.195. The summed E-state index contributed by atoms with van der Waals surface area (Å²) < 4.78 is 13.5. The van der Waals surface area contributed by atoms with Crippen LogP contribution in [0, 0.1) is 13.8 Å². The van der Waals surface area contributed by atoms with Crippen LogP contribution in [-0.2, 0) is 17.9 Å². The second kappa shape index (κ2) is 7.84. The van der Waals surface area contributed by atoms with Gasteiger partial charge in [-0.3, -0.25) is 9.59 Å². The van der Waals surface area contributed by atoms with E-state index in [1.807, 2.05) is 43.3 Å². The summed E-state index contributed by atoms with van der Waals surface area (Å²) in [6.45, 7) is 4.05. The van der Waals surface area contributed by atoms with E-state index in [0.29, 0.717) is 34.6 Å². The molecule has 1 aliphatic heterocycles. The van der Waals surface area contributed by atoms with Crippen molar-refractivity contribution < 1.29 is 14.3 Å². The molecule has 0 radical (unpaired) electrons. The Morgan fingerprint density at radius 2 is 1.94 bits per heavy atom. The highest BCUT2D eigenvalue weighted by molar-refractivity contribution is 5.82. The number of carbonyl (C=O) groups is 1. The number of hydrogen-bond donors (Lipinski definition) is 1. The monoisotopic (exact) mass is 431 g/mol. The Bertz CT molecular complexity index is 1410. The predicted molar refractivity (Wildman–Crippen MR) is 117 cm³/mol. The highest BCUT2D eigenvalue weighted by Gasteiger charge is 2.18. The molecule has 2 aromatic heterocycles. The zero-order chi connectivity index (χ0) is 22.2. The zero-order valence-electron chi connectivity index (χ0n) is 17.7. The maximum atomic E-state index is 13.2. The van der Waals surface area contributed by atoms with Crippen LogP contribution in [0.1, 0.15) is 16.8 Å². The first-order valence-corrected chi connectivity index (χ1v) is 10.2. The SMILES string of the molecule is Cc1ccccc1-n1ncc2c(C)nn(CC(=O)NCc3ccc4c(c3)OCO4)c(=O)c21. The molecule has 2 aromatic carbocycles. The van der Waals surface area contributed by atoms with Crippen LogP contribution in [-0.4, -0.2) is 32.3 Å². The Balaban J connectivity index is 1.40. The molecule has 3 heterocycles. The summed E-state index contributed by atoms with van der Waals surface area (Å²) >= 11 is 0. The Kier molecular flexibility index (Phi) is 4.85. The molecule has 1 amide bonds. The molecule has 1 aliphatic rings. The van der Waals surface area contributed by atoms with Gasteiger partial charge in [-0.05, 0) is 43.2 Å². The third-order valence-corrected chi connectivity index (χ3v) is 5.43. The minimum Gasteiger partial charge on any atom is -0.454 e. The summed E-state index contributed by atoms with van der Waals surface area (Å²) in [5.41, 5.74) is 3.32. The molecule has 0 spiro atoms. The average molecular weight is 431 g/mol. The number of rotatable bonds is 5. The van der Waals surface area contributed by atoms with E-state index < -0.39 is 0 Å². The maximum absolute atomic E-state index is 13.2. The van der Waals surface area contributed by atoms with Crippen molar-refractivity contribution >= 4 is 16.8 Å². The molecule has 9 nitrogen and oxygen atoms in total. The smallest absolute Gasteiger partial charge is 0.293 e. The van der Waals surface area contributed by atoms with Gasteiger partial charge < -0.3 is 14.8 Å². The standard InChI is InChI=1S/C23H21N5O4/c1-14-5-3-4-6-18(14)28-22-17(11-25-28)15(2)26-27(23(22)30)12-21(29)24-10-16-7-8-19-20(9-16)32-13-31-19/h3-9,11H,10,12-13H2,1-2H3,(H,24,29). The fourth-order valence-corrected chi connectivity index (χ4v) is 3.76. The number of hydrogen-bond acceptors (Lipinski definition) is 6. The number of carbonyl (C=O) groups excluding carboxylic acids is 1. The molecule has 162 valence electrons. The number of nitrogens with one attached hydrogen (secondary N) is 1. The predicted octanol–water partition coefficient (Wildman–Crippen LogP) is 2.24. The number of amides is 1. The molecule has 0 saturated carbocycles. The highest BCUT2D eigenvalue weighted by atomic mass is 16.7. The molecular weight excluding hydrogens is 410 g/mol. The van der Waals surface area contributed by atoms with Crippen molar-refractivity contribution in [3.8, 4) is 17.2 Å². The normalized spacial score (nSPS) is 12.3. The molecule has 9 heteroatoms. The van der Waals surface area contributed by atoms with Gasteiger partial charge in [0.25, 0.3) is 5.56 Å². The zero-order valence-corrected chi connectivity index (χ0v) is 17.7. The fraction of sp³-hybridized carbons (Fsp3) is 0.217. The topological polar surface area (TPSA) is 100 Å². The second-order valence-electron chi connectivity index (χ2n) is 7.62. The second-order valence-corrected chi connectivity index (χ2v) is 7.62. The van der Waals surface area contributed by atoms with Crippen molar-refractivity contribution in [1.82, 2.24) is 24.9 Å². The summed E-state index contributed by atoms with van der Waals surface area (Å²) in [7, 11) is 0. The number of aromatic nitrogens is 4. The molecule has 0 fully saturated rings. The van der Waals surface area contributed by atoms with Gasteiger partial charge in [0.2, 0.25) is 12.7 Å². The van der Waals surface area contributed by atoms with Crippen LogP contribution >= 0.6 is 0 Å². The van der Waals surface area contributed by atoms with Gasteiger partial charge in [-0.15, -0.1) is 0 Å². The first kappa shape index (κ1) is 19.8. The first-order chi connectivity index (χ1) is 15.5. The van der Waals surface area contributed by atoms with Gasteiger partial charge in [0.15, 0.2) is 11.5 Å². The van der Waals surface area contributed by atoms with Gasteiger partial charge in [0.1, 0.15) is 12.1 Å². The van der Waals surface area contributed by atoms with E-state index in [2.05, 4.69) is 15.5 Å². The van der Waals surface area contributed by atoms with Crippen LogP contribution in [0.5, 0.6) is 11.5 Å². The minimum atomic E-state index is -0.371. The number of fused-ring (bicyclic) bond motifs is 2. The van der Waals surface area contributed by atoms with E-state index in [4.69, 9.17) is 9.47 Å². The van der Waals surface area contributed by atoms with Crippen LogP contribution in [0.3, 0.4) is 0 Å². The summed E-state index contributed by atoms with van der Waals surface area (Å²) in [5, 5.41) is 12.2. The maximum Gasteiger partial charge on any atom is 0.293 e. The molecule has 32 heavy (non-hydrogen) atoms. The summed E-state index contributed by atoms with van der Waals surface area (Å²) in [4.78, 5) is 25.8. The molecule has 0 unspecified atom stereocenters. The summed E-state index contributed by atoms with van der Waals surface area (Å²) in [6.07, 6.45) is 1.63. The third-order valence-electron chi connectivity index (χ3n) is 5.43. The van der Waals surface area contributed by atoms with Crippen LogP contribution in [0.15, 0.2) is 53.5 Å². The van der Waals surface area contributed by atoms with Crippen LogP contribution in [0.2, 0.25) is 0 Å². The number of benzene rings is 2. The number of para-hydroxylation sites is 1. The average Bonchev–Trinajstić information content (AvgIpc) is 3.43. The Hall–Kier alpha value is -4.14. The van der Waals surface area contributed by atoms with E-state index in [-0.39, 0.29) is 24.8 Å². The van der Waals surface area contributed by atoms with Gasteiger partial charge in [-0.25, -0.2) is 9.36 Å². The van der Waals surface area contributed by atoms with Crippen molar-refractivity contribution in [1.29, 1.82) is 0 Å². The largest absolute Gasteiger partial charge is 0.454 e. The Labute approximate surface area is 183 Å². The quantitative estimate of drug-likeness (QED) is 0.520. The van der Waals surface area contributed by atoms with E-state index in [1.54, 1.807) is 23.9 Å². The number of ether oxygens (including phenoxy) is 2. The molecule has 0 atom stereocenters. The Morgan fingerprint density at radius 3 is 2.78 bits per heavy atom.